The Labute approximate surface area is 155 Å². The van der Waals surface area contributed by atoms with Crippen LogP contribution in [-0.4, -0.2) is 50.3 Å². The number of nitrogens with one attached hydrogen (secondary N) is 1. The smallest absolute Gasteiger partial charge is 0.255 e. The van der Waals surface area contributed by atoms with Crippen molar-refractivity contribution in [1.82, 2.24) is 24.2 Å². The van der Waals surface area contributed by atoms with Crippen LogP contribution in [0.4, 0.5) is 0 Å². The number of rotatable bonds is 3. The van der Waals surface area contributed by atoms with Crippen LogP contribution in [0.1, 0.15) is 28.9 Å². The minimum Gasteiger partial charge on any atom is -0.343 e. The third-order valence-electron chi connectivity index (χ3n) is 4.30. The van der Waals surface area contributed by atoms with Crippen molar-refractivity contribution in [3.05, 3.63) is 23.7 Å². The number of nitrogens with zero attached hydrogens (tertiary/aromatic N) is 5. The van der Waals surface area contributed by atoms with E-state index in [-0.39, 0.29) is 23.9 Å². The zero-order chi connectivity index (χ0) is 18.7. The van der Waals surface area contributed by atoms with Crippen LogP contribution >= 0.6 is 12.8 Å². The highest BCUT2D eigenvalue weighted by molar-refractivity contribution is 7.78. The molecule has 8 nitrogen and oxygen atoms in total. The van der Waals surface area contributed by atoms with Gasteiger partial charge in [0.1, 0.15) is 11.2 Å². The zero-order valence-electron chi connectivity index (χ0n) is 13.8. The number of hydrogen-bond donors (Lipinski definition) is 2. The Kier molecular flexibility index (Phi) is 5.10. The highest BCUT2D eigenvalue weighted by Crippen LogP contribution is 2.19. The molecule has 2 aromatic rings. The van der Waals surface area contributed by atoms with Gasteiger partial charge in [0.05, 0.1) is 24.4 Å². The predicted octanol–water partition coefficient (Wildman–Crippen LogP) is 0.597. The van der Waals surface area contributed by atoms with E-state index in [9.17, 15) is 9.59 Å². The Morgan fingerprint density at radius 3 is 2.81 bits per heavy atom. The Morgan fingerprint density at radius 2 is 2.15 bits per heavy atom. The fraction of sp³-hybridized carbons (Fsp3) is 0.353. The van der Waals surface area contributed by atoms with Gasteiger partial charge in [0.25, 0.3) is 5.91 Å². The van der Waals surface area contributed by atoms with E-state index in [1.54, 1.807) is 4.90 Å². The first kappa shape index (κ1) is 17.8. The lowest BCUT2D eigenvalue weighted by atomic mass is 9.99. The van der Waals surface area contributed by atoms with Gasteiger partial charge in [0.15, 0.2) is 5.65 Å². The molecule has 0 saturated carbocycles. The molecule has 1 saturated heterocycles. The fourth-order valence-corrected chi connectivity index (χ4v) is 3.09. The van der Waals surface area contributed by atoms with Gasteiger partial charge in [-0.15, -0.1) is 6.42 Å². The van der Waals surface area contributed by atoms with Crippen molar-refractivity contribution in [3.63, 3.8) is 0 Å². The first-order chi connectivity index (χ1) is 12.5. The number of hydrogen-bond acceptors (Lipinski definition) is 6. The van der Waals surface area contributed by atoms with E-state index in [0.717, 1.165) is 0 Å². The molecular formula is C17H16N6O2S. The molecule has 3 heterocycles. The lowest BCUT2D eigenvalue weighted by molar-refractivity contribution is -0.131. The molecule has 0 unspecified atom stereocenters. The second-order valence-electron chi connectivity index (χ2n) is 5.93. The molecule has 0 atom stereocenters. The number of nitriles is 1. The molecule has 0 aromatic carbocycles. The van der Waals surface area contributed by atoms with Crippen molar-refractivity contribution in [3.8, 4) is 18.4 Å². The molecule has 132 valence electrons. The number of piperidine rings is 1. The van der Waals surface area contributed by atoms with Crippen LogP contribution in [0, 0.1) is 29.6 Å². The van der Waals surface area contributed by atoms with Gasteiger partial charge in [-0.05, 0) is 18.8 Å². The van der Waals surface area contributed by atoms with Gasteiger partial charge >= 0.3 is 0 Å². The van der Waals surface area contributed by atoms with Crippen LogP contribution in [0.15, 0.2) is 12.4 Å². The van der Waals surface area contributed by atoms with Crippen molar-refractivity contribution >= 4 is 35.8 Å². The number of likely N-dealkylation sites (tertiary alicyclic amines) is 1. The summed E-state index contributed by atoms with van der Waals surface area (Å²) in [6, 6.07) is 2.22. The standard InChI is InChI=1S/C17H16N6O2S/c1-2-12-8-19-16-15(21-12)13(10-23(16)26)17(25)20-9-14(24)22-5-3-11(7-18)4-6-22/h1,8,10-11,26H,3-6,9H2,(H,20,25). The summed E-state index contributed by atoms with van der Waals surface area (Å²) in [7, 11) is 0. The lowest BCUT2D eigenvalue weighted by Gasteiger charge is -2.29. The van der Waals surface area contributed by atoms with Gasteiger partial charge < -0.3 is 10.2 Å². The third-order valence-corrected chi connectivity index (χ3v) is 4.60. The highest BCUT2D eigenvalue weighted by Gasteiger charge is 2.23. The molecular weight excluding hydrogens is 352 g/mol. The summed E-state index contributed by atoms with van der Waals surface area (Å²) < 4.78 is 1.38. The third kappa shape index (κ3) is 3.48. The molecule has 3 rings (SSSR count). The van der Waals surface area contributed by atoms with Crippen LogP contribution in [0.3, 0.4) is 0 Å². The molecule has 1 N–H and O–H groups in total. The monoisotopic (exact) mass is 368 g/mol. The van der Waals surface area contributed by atoms with E-state index in [1.165, 1.54) is 16.4 Å². The van der Waals surface area contributed by atoms with E-state index >= 15 is 0 Å². The predicted molar refractivity (Wildman–Crippen MR) is 97.1 cm³/mol. The van der Waals surface area contributed by atoms with Crippen molar-refractivity contribution in [2.75, 3.05) is 19.6 Å². The number of carbonyl (C=O) groups is 2. The van der Waals surface area contributed by atoms with Gasteiger partial charge in [-0.2, -0.15) is 5.26 Å². The topological polar surface area (TPSA) is 104 Å². The summed E-state index contributed by atoms with van der Waals surface area (Å²) >= 11 is 4.22. The molecule has 0 aliphatic carbocycles. The van der Waals surface area contributed by atoms with E-state index < -0.39 is 5.91 Å². The lowest BCUT2D eigenvalue weighted by Crippen LogP contribution is -2.44. The minimum atomic E-state index is -0.452. The normalized spacial score (nSPS) is 14.7. The van der Waals surface area contributed by atoms with Crippen LogP contribution in [-0.2, 0) is 4.79 Å². The molecule has 9 heteroatoms. The Balaban J connectivity index is 1.67. The maximum Gasteiger partial charge on any atom is 0.255 e. The van der Waals surface area contributed by atoms with Crippen molar-refractivity contribution in [1.29, 1.82) is 5.26 Å². The quantitative estimate of drug-likeness (QED) is 0.610. The maximum atomic E-state index is 12.5. The number of fused-ring (bicyclic) bond motifs is 1. The van der Waals surface area contributed by atoms with Gasteiger partial charge in [-0.25, -0.2) is 9.97 Å². The van der Waals surface area contributed by atoms with E-state index in [0.29, 0.717) is 42.8 Å². The molecule has 1 aliphatic heterocycles. The molecule has 2 amide bonds. The Morgan fingerprint density at radius 1 is 1.42 bits per heavy atom. The van der Waals surface area contributed by atoms with Crippen LogP contribution in [0.2, 0.25) is 0 Å². The van der Waals surface area contributed by atoms with Crippen LogP contribution in [0.25, 0.3) is 11.2 Å². The number of thiol groups is 1. The Bertz CT molecular complexity index is 947. The summed E-state index contributed by atoms with van der Waals surface area (Å²) in [6.45, 7) is 0.928. The van der Waals surface area contributed by atoms with Gasteiger partial charge in [0, 0.05) is 25.2 Å². The first-order valence-electron chi connectivity index (χ1n) is 8.03. The van der Waals surface area contributed by atoms with E-state index in [1.807, 2.05) is 0 Å². The van der Waals surface area contributed by atoms with Crippen molar-refractivity contribution in [2.24, 2.45) is 5.92 Å². The Hall–Kier alpha value is -3.04. The van der Waals surface area contributed by atoms with Crippen molar-refractivity contribution < 1.29 is 9.59 Å². The zero-order valence-corrected chi connectivity index (χ0v) is 14.7. The largest absolute Gasteiger partial charge is 0.343 e. The van der Waals surface area contributed by atoms with Crippen LogP contribution < -0.4 is 5.32 Å². The summed E-state index contributed by atoms with van der Waals surface area (Å²) in [6.07, 6.45) is 9.55. The minimum absolute atomic E-state index is 0.000849. The summed E-state index contributed by atoms with van der Waals surface area (Å²) in [5.41, 5.74) is 1.29. The SMILES string of the molecule is C#Cc1cnc2c(n1)c(C(=O)NCC(=O)N1CCC(C#N)CC1)cn2S. The number of amides is 2. The van der Waals surface area contributed by atoms with Crippen molar-refractivity contribution in [2.45, 2.75) is 12.8 Å². The average Bonchev–Trinajstić information content (AvgIpc) is 3.01. The van der Waals surface area contributed by atoms with Gasteiger partial charge in [0.2, 0.25) is 5.91 Å². The maximum absolute atomic E-state index is 12.5. The summed E-state index contributed by atoms with van der Waals surface area (Å²) in [4.78, 5) is 34.7. The summed E-state index contributed by atoms with van der Waals surface area (Å²) in [5, 5.41) is 11.5. The van der Waals surface area contributed by atoms with Gasteiger partial charge in [-0.3, -0.25) is 13.6 Å². The number of carbonyl (C=O) groups excluding carboxylic acids is 2. The highest BCUT2D eigenvalue weighted by atomic mass is 32.1. The van der Waals surface area contributed by atoms with Crippen LogP contribution in [0.5, 0.6) is 0 Å². The second kappa shape index (κ2) is 7.46. The average molecular weight is 368 g/mol. The molecule has 1 aliphatic rings. The second-order valence-corrected chi connectivity index (χ2v) is 6.36. The van der Waals surface area contributed by atoms with E-state index in [2.05, 4.69) is 40.1 Å². The first-order valence-corrected chi connectivity index (χ1v) is 8.43. The molecule has 26 heavy (non-hydrogen) atoms. The fourth-order valence-electron chi connectivity index (χ4n) is 2.83. The number of terminal acetylenes is 1. The molecule has 1 fully saturated rings. The van der Waals surface area contributed by atoms with Gasteiger partial charge in [-0.1, -0.05) is 12.8 Å². The molecule has 0 bridgehead atoms. The molecule has 0 spiro atoms. The van der Waals surface area contributed by atoms with E-state index in [4.69, 9.17) is 11.7 Å². The molecule has 2 aromatic heterocycles. The summed E-state index contributed by atoms with van der Waals surface area (Å²) in [5.74, 6) is 1.74. The number of aromatic nitrogens is 3. The molecule has 0 radical (unpaired) electrons.